The molecule has 2 heterocycles. The second-order valence-electron chi connectivity index (χ2n) is 3.95. The molecule has 0 spiro atoms. The highest BCUT2D eigenvalue weighted by atomic mass is 15.3. The Labute approximate surface area is 103 Å². The molecule has 3 N–H and O–H groups in total. The zero-order chi connectivity index (χ0) is 12.5. The van der Waals surface area contributed by atoms with Crippen molar-refractivity contribution in [3.8, 4) is 17.2 Å². The molecular formula is C12H10N6. The molecule has 3 aromatic rings. The third-order valence-electron chi connectivity index (χ3n) is 2.79. The molecule has 0 atom stereocenters. The Morgan fingerprint density at radius 1 is 1.39 bits per heavy atom. The van der Waals surface area contributed by atoms with Crippen LogP contribution in [-0.2, 0) is 6.54 Å². The molecule has 0 aliphatic heterocycles. The maximum absolute atomic E-state index is 8.61. The number of nitrogens with two attached hydrogens (primary N) is 1. The number of nitrogen functional groups attached to an aromatic ring is 1. The Bertz CT molecular complexity index is 745. The number of hydrogen-bond donors (Lipinski definition) is 2. The van der Waals surface area contributed by atoms with Gasteiger partial charge < -0.3 is 5.73 Å². The number of anilines is 1. The molecule has 0 fully saturated rings. The normalized spacial score (nSPS) is 10.6. The number of nitrogens with one attached hydrogen (secondary N) is 1. The van der Waals surface area contributed by atoms with Crippen molar-refractivity contribution in [2.45, 2.75) is 6.54 Å². The zero-order valence-corrected chi connectivity index (χ0v) is 9.46. The van der Waals surface area contributed by atoms with Crippen molar-refractivity contribution in [2.75, 3.05) is 5.73 Å². The fourth-order valence-electron chi connectivity index (χ4n) is 1.89. The van der Waals surface area contributed by atoms with E-state index in [-0.39, 0.29) is 6.54 Å². The number of nitrogens with zero attached hydrogens (tertiary/aromatic N) is 4. The van der Waals surface area contributed by atoms with Gasteiger partial charge in [-0.2, -0.15) is 15.5 Å². The minimum Gasteiger partial charge on any atom is -0.382 e. The number of benzene rings is 1. The lowest BCUT2D eigenvalue weighted by Gasteiger charge is -1.97. The van der Waals surface area contributed by atoms with E-state index in [1.807, 2.05) is 30.5 Å². The predicted molar refractivity (Wildman–Crippen MR) is 67.3 cm³/mol. The number of rotatable bonds is 2. The fourth-order valence-corrected chi connectivity index (χ4v) is 1.89. The Hall–Kier alpha value is -2.81. The van der Waals surface area contributed by atoms with E-state index in [0.29, 0.717) is 5.82 Å². The van der Waals surface area contributed by atoms with Crippen LogP contribution in [0.5, 0.6) is 0 Å². The van der Waals surface area contributed by atoms with Gasteiger partial charge in [-0.3, -0.25) is 9.78 Å². The van der Waals surface area contributed by atoms with Crippen molar-refractivity contribution in [3.05, 3.63) is 30.6 Å². The molecule has 6 heteroatoms. The van der Waals surface area contributed by atoms with Crippen LogP contribution >= 0.6 is 0 Å². The second-order valence-corrected chi connectivity index (χ2v) is 3.95. The summed E-state index contributed by atoms with van der Waals surface area (Å²) in [7, 11) is 0. The third-order valence-corrected chi connectivity index (χ3v) is 2.79. The molecule has 18 heavy (non-hydrogen) atoms. The van der Waals surface area contributed by atoms with Crippen LogP contribution in [0.25, 0.3) is 22.0 Å². The van der Waals surface area contributed by atoms with Gasteiger partial charge in [0.1, 0.15) is 6.54 Å². The molecule has 88 valence electrons. The molecule has 3 rings (SSSR count). The van der Waals surface area contributed by atoms with Gasteiger partial charge in [0.05, 0.1) is 17.8 Å². The summed E-state index contributed by atoms with van der Waals surface area (Å²) in [5, 5.41) is 20.4. The lowest BCUT2D eigenvalue weighted by atomic mass is 10.1. The highest BCUT2D eigenvalue weighted by Crippen LogP contribution is 2.25. The Morgan fingerprint density at radius 3 is 3.11 bits per heavy atom. The molecule has 0 amide bonds. The lowest BCUT2D eigenvalue weighted by molar-refractivity contribution is 0.710. The summed E-state index contributed by atoms with van der Waals surface area (Å²) in [6.07, 6.45) is 3.56. The van der Waals surface area contributed by atoms with Crippen LogP contribution in [0.2, 0.25) is 0 Å². The van der Waals surface area contributed by atoms with E-state index < -0.39 is 0 Å². The summed E-state index contributed by atoms with van der Waals surface area (Å²) in [6, 6.07) is 7.90. The molecule has 1 aromatic carbocycles. The van der Waals surface area contributed by atoms with E-state index in [1.165, 1.54) is 0 Å². The molecule has 6 nitrogen and oxygen atoms in total. The smallest absolute Gasteiger partial charge is 0.153 e. The quantitative estimate of drug-likeness (QED) is 0.707. The standard InChI is InChI=1S/C12H10N6/c13-3-4-18-7-9(6-15-18)8-1-2-11-10(5-8)12(14)17-16-11/h1-2,5-7H,4H2,(H3,14,16,17). The molecule has 0 bridgehead atoms. The van der Waals surface area contributed by atoms with E-state index in [4.69, 9.17) is 11.0 Å². The van der Waals surface area contributed by atoms with Crippen molar-refractivity contribution in [2.24, 2.45) is 0 Å². The van der Waals surface area contributed by atoms with Crippen LogP contribution < -0.4 is 5.73 Å². The van der Waals surface area contributed by atoms with E-state index in [9.17, 15) is 0 Å². The van der Waals surface area contributed by atoms with Gasteiger partial charge in [0.15, 0.2) is 5.82 Å². The minimum absolute atomic E-state index is 0.246. The first-order valence-electron chi connectivity index (χ1n) is 5.41. The van der Waals surface area contributed by atoms with Gasteiger partial charge >= 0.3 is 0 Å². The van der Waals surface area contributed by atoms with E-state index in [1.54, 1.807) is 10.9 Å². The van der Waals surface area contributed by atoms with Crippen molar-refractivity contribution in [1.82, 2.24) is 20.0 Å². The summed E-state index contributed by atoms with van der Waals surface area (Å²) < 4.78 is 1.60. The van der Waals surface area contributed by atoms with Gasteiger partial charge in [0.2, 0.25) is 0 Å². The molecule has 0 aliphatic carbocycles. The van der Waals surface area contributed by atoms with Crippen molar-refractivity contribution in [3.63, 3.8) is 0 Å². The number of hydrogen-bond acceptors (Lipinski definition) is 4. The highest BCUT2D eigenvalue weighted by molar-refractivity contribution is 5.92. The number of H-pyrrole nitrogens is 1. The van der Waals surface area contributed by atoms with Gasteiger partial charge in [-0.15, -0.1) is 0 Å². The fraction of sp³-hybridized carbons (Fsp3) is 0.0833. The number of fused-ring (bicyclic) bond motifs is 1. The average molecular weight is 238 g/mol. The van der Waals surface area contributed by atoms with E-state index >= 15 is 0 Å². The minimum atomic E-state index is 0.246. The summed E-state index contributed by atoms with van der Waals surface area (Å²) >= 11 is 0. The SMILES string of the molecule is N#CCn1cc(-c2ccc3[nH]nc(N)c3c2)cn1. The first-order chi connectivity index (χ1) is 8.78. The Kier molecular flexibility index (Phi) is 2.24. The largest absolute Gasteiger partial charge is 0.382 e. The van der Waals surface area contributed by atoms with Crippen LogP contribution in [0.15, 0.2) is 30.6 Å². The van der Waals surface area contributed by atoms with Gasteiger partial charge in [-0.25, -0.2) is 0 Å². The second kappa shape index (κ2) is 3.89. The molecule has 0 radical (unpaired) electrons. The first kappa shape index (κ1) is 10.4. The molecule has 2 aromatic heterocycles. The van der Waals surface area contributed by atoms with Gasteiger partial charge in [0.25, 0.3) is 0 Å². The number of aromatic amines is 1. The Morgan fingerprint density at radius 2 is 2.28 bits per heavy atom. The molecule has 0 saturated carbocycles. The van der Waals surface area contributed by atoms with Crippen LogP contribution in [0.1, 0.15) is 0 Å². The molecule has 0 unspecified atom stereocenters. The molecule has 0 saturated heterocycles. The summed E-state index contributed by atoms with van der Waals surface area (Å²) in [5.41, 5.74) is 8.62. The van der Waals surface area contributed by atoms with Crippen molar-refractivity contribution in [1.29, 1.82) is 5.26 Å². The van der Waals surface area contributed by atoms with Crippen LogP contribution in [0, 0.1) is 11.3 Å². The van der Waals surface area contributed by atoms with Gasteiger partial charge in [-0.05, 0) is 17.7 Å². The zero-order valence-electron chi connectivity index (χ0n) is 9.46. The van der Waals surface area contributed by atoms with Gasteiger partial charge in [0, 0.05) is 17.1 Å². The monoisotopic (exact) mass is 238 g/mol. The first-order valence-corrected chi connectivity index (χ1v) is 5.41. The van der Waals surface area contributed by atoms with Crippen molar-refractivity contribution < 1.29 is 0 Å². The van der Waals surface area contributed by atoms with Crippen LogP contribution in [0.3, 0.4) is 0 Å². The highest BCUT2D eigenvalue weighted by Gasteiger charge is 2.06. The maximum Gasteiger partial charge on any atom is 0.153 e. The maximum atomic E-state index is 8.61. The lowest BCUT2D eigenvalue weighted by Crippen LogP contribution is -1.93. The van der Waals surface area contributed by atoms with Gasteiger partial charge in [-0.1, -0.05) is 6.07 Å². The summed E-state index contributed by atoms with van der Waals surface area (Å²) in [6.45, 7) is 0.246. The van der Waals surface area contributed by atoms with Crippen LogP contribution in [0.4, 0.5) is 5.82 Å². The average Bonchev–Trinajstić information content (AvgIpc) is 2.98. The topological polar surface area (TPSA) is 96.3 Å². The predicted octanol–water partition coefficient (Wildman–Crippen LogP) is 1.53. The number of nitriles is 1. The Balaban J connectivity index is 2.07. The molecule has 0 aliphatic rings. The number of aromatic nitrogens is 4. The van der Waals surface area contributed by atoms with Crippen molar-refractivity contribution >= 4 is 16.7 Å². The summed E-state index contributed by atoms with van der Waals surface area (Å²) in [4.78, 5) is 0. The van der Waals surface area contributed by atoms with E-state index in [0.717, 1.165) is 22.0 Å². The van der Waals surface area contributed by atoms with E-state index in [2.05, 4.69) is 15.3 Å². The van der Waals surface area contributed by atoms with Crippen LogP contribution in [-0.4, -0.2) is 20.0 Å². The molecular weight excluding hydrogens is 228 g/mol. The summed E-state index contributed by atoms with van der Waals surface area (Å²) in [5.74, 6) is 0.483. The third kappa shape index (κ3) is 1.58.